The zero-order valence-electron chi connectivity index (χ0n) is 9.45. The van der Waals surface area contributed by atoms with Gasteiger partial charge in [-0.1, -0.05) is 0 Å². The van der Waals surface area contributed by atoms with Crippen molar-refractivity contribution in [3.8, 4) is 0 Å². The van der Waals surface area contributed by atoms with Gasteiger partial charge in [0.05, 0.1) is 5.69 Å². The van der Waals surface area contributed by atoms with Crippen molar-refractivity contribution in [1.82, 2.24) is 4.98 Å². The van der Waals surface area contributed by atoms with E-state index in [0.717, 1.165) is 12.1 Å². The summed E-state index contributed by atoms with van der Waals surface area (Å²) < 4.78 is 39.0. The van der Waals surface area contributed by atoms with Gasteiger partial charge in [0.15, 0.2) is 17.5 Å². The van der Waals surface area contributed by atoms with Gasteiger partial charge < -0.3 is 11.1 Å². The number of hydrogen-bond acceptors (Lipinski definition) is 3. The molecule has 0 spiro atoms. The van der Waals surface area contributed by atoms with E-state index < -0.39 is 29.0 Å². The molecule has 2 rings (SSSR count). The van der Waals surface area contributed by atoms with E-state index in [-0.39, 0.29) is 11.4 Å². The first-order valence-electron chi connectivity index (χ1n) is 5.15. The SMILES string of the molecule is Nc1cc(C(=O)Nc2ccc(F)c(F)c2F)ccn1. The van der Waals surface area contributed by atoms with Crippen LogP contribution in [0, 0.1) is 17.5 Å². The summed E-state index contributed by atoms with van der Waals surface area (Å²) in [5.41, 5.74) is 5.05. The van der Waals surface area contributed by atoms with Crippen LogP contribution < -0.4 is 11.1 Å². The lowest BCUT2D eigenvalue weighted by Gasteiger charge is -2.07. The van der Waals surface area contributed by atoms with E-state index in [1.165, 1.54) is 18.3 Å². The van der Waals surface area contributed by atoms with Gasteiger partial charge in [-0.25, -0.2) is 18.2 Å². The van der Waals surface area contributed by atoms with Gasteiger partial charge in [0.1, 0.15) is 5.82 Å². The summed E-state index contributed by atoms with van der Waals surface area (Å²) in [5, 5.41) is 2.12. The normalized spacial score (nSPS) is 10.3. The van der Waals surface area contributed by atoms with Crippen LogP contribution in [0.3, 0.4) is 0 Å². The minimum atomic E-state index is -1.65. The summed E-state index contributed by atoms with van der Waals surface area (Å²) in [6.07, 6.45) is 1.30. The number of amides is 1. The number of anilines is 2. The molecule has 98 valence electrons. The van der Waals surface area contributed by atoms with E-state index in [4.69, 9.17) is 5.73 Å². The van der Waals surface area contributed by atoms with Gasteiger partial charge in [0.25, 0.3) is 5.91 Å². The monoisotopic (exact) mass is 267 g/mol. The van der Waals surface area contributed by atoms with E-state index in [1.54, 1.807) is 0 Å². The van der Waals surface area contributed by atoms with Gasteiger partial charge in [-0.05, 0) is 24.3 Å². The number of halogens is 3. The van der Waals surface area contributed by atoms with Gasteiger partial charge in [-0.3, -0.25) is 4.79 Å². The molecule has 0 bridgehead atoms. The van der Waals surface area contributed by atoms with Crippen LogP contribution in [0.25, 0.3) is 0 Å². The number of rotatable bonds is 2. The molecule has 0 aliphatic rings. The molecule has 1 aromatic heterocycles. The molecule has 1 aromatic carbocycles. The standard InChI is InChI=1S/C12H8F3N3O/c13-7-1-2-8(11(15)10(7)14)18-12(19)6-3-4-17-9(16)5-6/h1-5H,(H2,16,17)(H,18,19). The number of carbonyl (C=O) groups excluding carboxylic acids is 1. The predicted octanol–water partition coefficient (Wildman–Crippen LogP) is 2.33. The van der Waals surface area contributed by atoms with E-state index in [0.29, 0.717) is 0 Å². The van der Waals surface area contributed by atoms with E-state index in [1.807, 2.05) is 0 Å². The molecule has 0 aliphatic carbocycles. The first kappa shape index (κ1) is 12.9. The maximum absolute atomic E-state index is 13.4. The third kappa shape index (κ3) is 2.65. The second-order valence-corrected chi connectivity index (χ2v) is 3.65. The second kappa shape index (κ2) is 4.97. The van der Waals surface area contributed by atoms with Gasteiger partial charge in [-0.15, -0.1) is 0 Å². The van der Waals surface area contributed by atoms with Crippen molar-refractivity contribution < 1.29 is 18.0 Å². The van der Waals surface area contributed by atoms with E-state index in [2.05, 4.69) is 10.3 Å². The Kier molecular flexibility index (Phi) is 3.37. The van der Waals surface area contributed by atoms with Crippen LogP contribution in [0.5, 0.6) is 0 Å². The number of nitrogens with one attached hydrogen (secondary N) is 1. The Morgan fingerprint density at radius 1 is 1.16 bits per heavy atom. The fourth-order valence-corrected chi connectivity index (χ4v) is 1.41. The molecule has 0 aliphatic heterocycles. The van der Waals surface area contributed by atoms with Crippen LogP contribution in [0.4, 0.5) is 24.7 Å². The Labute approximate surface area is 106 Å². The Morgan fingerprint density at radius 2 is 1.89 bits per heavy atom. The van der Waals surface area contributed by atoms with Crippen LogP contribution in [0.2, 0.25) is 0 Å². The molecular weight excluding hydrogens is 259 g/mol. The number of carbonyl (C=O) groups is 1. The lowest BCUT2D eigenvalue weighted by molar-refractivity contribution is 0.102. The molecule has 1 amide bonds. The van der Waals surface area contributed by atoms with Crippen molar-refractivity contribution in [2.75, 3.05) is 11.1 Å². The van der Waals surface area contributed by atoms with Gasteiger partial charge in [0.2, 0.25) is 0 Å². The number of hydrogen-bond donors (Lipinski definition) is 2. The smallest absolute Gasteiger partial charge is 0.255 e. The molecule has 0 fully saturated rings. The van der Waals surface area contributed by atoms with Crippen molar-refractivity contribution in [2.45, 2.75) is 0 Å². The van der Waals surface area contributed by atoms with Crippen molar-refractivity contribution in [2.24, 2.45) is 0 Å². The summed E-state index contributed by atoms with van der Waals surface area (Å²) in [6, 6.07) is 4.27. The average Bonchev–Trinajstić information content (AvgIpc) is 2.39. The Morgan fingerprint density at radius 3 is 2.58 bits per heavy atom. The molecule has 0 unspecified atom stereocenters. The molecule has 1 heterocycles. The molecule has 0 saturated carbocycles. The number of benzene rings is 1. The maximum atomic E-state index is 13.4. The zero-order valence-corrected chi connectivity index (χ0v) is 9.45. The maximum Gasteiger partial charge on any atom is 0.255 e. The molecule has 0 saturated heterocycles. The van der Waals surface area contributed by atoms with Crippen LogP contribution in [0.15, 0.2) is 30.5 Å². The van der Waals surface area contributed by atoms with Crippen LogP contribution in [0.1, 0.15) is 10.4 Å². The summed E-state index contributed by atoms with van der Waals surface area (Å²) in [5.74, 6) is -5.04. The average molecular weight is 267 g/mol. The molecule has 7 heteroatoms. The third-order valence-electron chi connectivity index (χ3n) is 2.33. The van der Waals surface area contributed by atoms with Crippen molar-refractivity contribution >= 4 is 17.4 Å². The topological polar surface area (TPSA) is 68.0 Å². The highest BCUT2D eigenvalue weighted by Crippen LogP contribution is 2.20. The number of nitrogens with zero attached hydrogens (tertiary/aromatic N) is 1. The molecule has 0 radical (unpaired) electrons. The third-order valence-corrected chi connectivity index (χ3v) is 2.33. The van der Waals surface area contributed by atoms with E-state index in [9.17, 15) is 18.0 Å². The van der Waals surface area contributed by atoms with Gasteiger partial charge >= 0.3 is 0 Å². The number of pyridine rings is 1. The number of aromatic nitrogens is 1. The Balaban J connectivity index is 2.27. The van der Waals surface area contributed by atoms with Gasteiger partial charge in [0, 0.05) is 11.8 Å². The highest BCUT2D eigenvalue weighted by molar-refractivity contribution is 6.04. The molecule has 19 heavy (non-hydrogen) atoms. The molecule has 0 atom stereocenters. The van der Waals surface area contributed by atoms with Crippen LogP contribution >= 0.6 is 0 Å². The second-order valence-electron chi connectivity index (χ2n) is 3.65. The summed E-state index contributed by atoms with van der Waals surface area (Å²) in [6.45, 7) is 0. The fourth-order valence-electron chi connectivity index (χ4n) is 1.41. The summed E-state index contributed by atoms with van der Waals surface area (Å²) in [7, 11) is 0. The Hall–Kier alpha value is -2.57. The fraction of sp³-hybridized carbons (Fsp3) is 0. The number of nitrogens with two attached hydrogens (primary N) is 1. The Bertz CT molecular complexity index is 646. The lowest BCUT2D eigenvalue weighted by atomic mass is 10.2. The minimum absolute atomic E-state index is 0.110. The molecule has 3 N–H and O–H groups in total. The lowest BCUT2D eigenvalue weighted by Crippen LogP contribution is -2.14. The van der Waals surface area contributed by atoms with Crippen LogP contribution in [-0.2, 0) is 0 Å². The predicted molar refractivity (Wildman–Crippen MR) is 62.9 cm³/mol. The van der Waals surface area contributed by atoms with Crippen molar-refractivity contribution in [1.29, 1.82) is 0 Å². The van der Waals surface area contributed by atoms with Crippen molar-refractivity contribution in [3.05, 3.63) is 53.5 Å². The minimum Gasteiger partial charge on any atom is -0.384 e. The van der Waals surface area contributed by atoms with Crippen LogP contribution in [-0.4, -0.2) is 10.9 Å². The summed E-state index contributed by atoms with van der Waals surface area (Å²) in [4.78, 5) is 15.4. The quantitative estimate of drug-likeness (QED) is 0.820. The van der Waals surface area contributed by atoms with E-state index >= 15 is 0 Å². The van der Waals surface area contributed by atoms with Gasteiger partial charge in [-0.2, -0.15) is 0 Å². The molecule has 4 nitrogen and oxygen atoms in total. The largest absolute Gasteiger partial charge is 0.384 e. The number of nitrogen functional groups attached to an aromatic ring is 1. The molecule has 2 aromatic rings. The zero-order chi connectivity index (χ0) is 14.0. The highest BCUT2D eigenvalue weighted by atomic mass is 19.2. The first-order valence-corrected chi connectivity index (χ1v) is 5.15. The molecular formula is C12H8F3N3O. The van der Waals surface area contributed by atoms with Crippen molar-refractivity contribution in [3.63, 3.8) is 0 Å². The summed E-state index contributed by atoms with van der Waals surface area (Å²) >= 11 is 0. The first-order chi connectivity index (χ1) is 8.99. The highest BCUT2D eigenvalue weighted by Gasteiger charge is 2.16.